The number of nitrogens with one attached hydrogen (secondary N) is 1. The van der Waals surface area contributed by atoms with Crippen molar-refractivity contribution in [3.8, 4) is 0 Å². The molecule has 2 rings (SSSR count). The zero-order valence-corrected chi connectivity index (χ0v) is 13.1. The van der Waals surface area contributed by atoms with Crippen LogP contribution in [0.25, 0.3) is 0 Å². The molecule has 0 saturated carbocycles. The van der Waals surface area contributed by atoms with Gasteiger partial charge in [-0.2, -0.15) is 0 Å². The van der Waals surface area contributed by atoms with Crippen LogP contribution in [0.1, 0.15) is 18.9 Å². The lowest BCUT2D eigenvalue weighted by atomic mass is 10.0. The summed E-state index contributed by atoms with van der Waals surface area (Å²) in [4.78, 5) is 4.13. The van der Waals surface area contributed by atoms with E-state index in [0.717, 1.165) is 23.0 Å². The number of nitrogens with zero attached hydrogens (tertiary/aromatic N) is 1. The molecule has 19 heavy (non-hydrogen) atoms. The minimum Gasteiger partial charge on any atom is -0.379 e. The molecular weight excluding hydrogens is 324 g/mol. The van der Waals surface area contributed by atoms with Gasteiger partial charge in [0.15, 0.2) is 5.15 Å². The Morgan fingerprint density at radius 2 is 2.05 bits per heavy atom. The molecule has 2 nitrogen and oxygen atoms in total. The normalized spacial score (nSPS) is 12.2. The number of aromatic nitrogens is 1. The fourth-order valence-corrected chi connectivity index (χ4v) is 2.43. The minimum atomic E-state index is 0.344. The molecule has 4 heteroatoms. The topological polar surface area (TPSA) is 24.9 Å². The molecule has 0 spiro atoms. The highest BCUT2D eigenvalue weighted by atomic mass is 79.9. The average molecular weight is 340 g/mol. The highest BCUT2D eigenvalue weighted by Crippen LogP contribution is 2.24. The molecule has 0 bridgehead atoms. The molecule has 0 aliphatic carbocycles. The van der Waals surface area contributed by atoms with Gasteiger partial charge in [0.2, 0.25) is 0 Å². The van der Waals surface area contributed by atoms with E-state index < -0.39 is 0 Å². The molecule has 1 unspecified atom stereocenters. The van der Waals surface area contributed by atoms with Crippen molar-refractivity contribution in [2.75, 3.05) is 5.32 Å². The van der Waals surface area contributed by atoms with Crippen LogP contribution in [0, 0.1) is 0 Å². The molecule has 1 heterocycles. The van der Waals surface area contributed by atoms with Crippen LogP contribution in [0.3, 0.4) is 0 Å². The van der Waals surface area contributed by atoms with Crippen LogP contribution in [-0.4, -0.2) is 11.0 Å². The Hall–Kier alpha value is -1.06. The Bertz CT molecular complexity index is 531. The largest absolute Gasteiger partial charge is 0.379 e. The van der Waals surface area contributed by atoms with Crippen LogP contribution >= 0.6 is 27.5 Å². The Kier molecular flexibility index (Phi) is 5.23. The number of hydrogen-bond donors (Lipinski definition) is 1. The van der Waals surface area contributed by atoms with Gasteiger partial charge >= 0.3 is 0 Å². The maximum atomic E-state index is 6.11. The summed E-state index contributed by atoms with van der Waals surface area (Å²) in [6.07, 6.45) is 3.70. The Balaban J connectivity index is 2.09. The first-order valence-electron chi connectivity index (χ1n) is 6.30. The van der Waals surface area contributed by atoms with Gasteiger partial charge in [-0.15, -0.1) is 0 Å². The third-order valence-electron chi connectivity index (χ3n) is 2.98. The molecule has 0 radical (unpaired) electrons. The number of benzene rings is 1. The van der Waals surface area contributed by atoms with E-state index in [9.17, 15) is 0 Å². The minimum absolute atomic E-state index is 0.344. The van der Waals surface area contributed by atoms with Gasteiger partial charge in [0.05, 0.1) is 5.69 Å². The van der Waals surface area contributed by atoms with Gasteiger partial charge < -0.3 is 5.32 Å². The second-order valence-corrected chi connectivity index (χ2v) is 5.70. The summed E-state index contributed by atoms with van der Waals surface area (Å²) in [5, 5.41) is 3.97. The number of anilines is 1. The average Bonchev–Trinajstić information content (AvgIpc) is 2.43. The molecule has 100 valence electrons. The van der Waals surface area contributed by atoms with Gasteiger partial charge in [0.1, 0.15) is 0 Å². The number of rotatable bonds is 5. The second-order valence-electron chi connectivity index (χ2n) is 4.43. The molecule has 0 aliphatic heterocycles. The summed E-state index contributed by atoms with van der Waals surface area (Å²) in [7, 11) is 0. The fourth-order valence-electron chi connectivity index (χ4n) is 1.94. The SMILES string of the molecule is CCC(Cc1ccccc1)Nc1cc(Br)cnc1Cl. The van der Waals surface area contributed by atoms with Crippen molar-refractivity contribution < 1.29 is 0 Å². The summed E-state index contributed by atoms with van der Waals surface area (Å²) < 4.78 is 0.925. The van der Waals surface area contributed by atoms with E-state index in [1.807, 2.05) is 12.1 Å². The molecular formula is C15H16BrClN2. The van der Waals surface area contributed by atoms with Crippen molar-refractivity contribution in [3.63, 3.8) is 0 Å². The lowest BCUT2D eigenvalue weighted by molar-refractivity contribution is 0.690. The standard InChI is InChI=1S/C15H16BrClN2/c1-2-13(8-11-6-4-3-5-7-11)19-14-9-12(16)10-18-15(14)17/h3-7,9-10,13,19H,2,8H2,1H3. The quantitative estimate of drug-likeness (QED) is 0.781. The van der Waals surface area contributed by atoms with Gasteiger partial charge in [-0.25, -0.2) is 4.98 Å². The van der Waals surface area contributed by atoms with Crippen LogP contribution in [0.2, 0.25) is 5.15 Å². The van der Waals surface area contributed by atoms with Crippen molar-refractivity contribution >= 4 is 33.2 Å². The van der Waals surface area contributed by atoms with Crippen molar-refractivity contribution in [1.29, 1.82) is 0 Å². The van der Waals surface area contributed by atoms with Gasteiger partial charge in [0.25, 0.3) is 0 Å². The Morgan fingerprint density at radius 1 is 1.32 bits per heavy atom. The zero-order chi connectivity index (χ0) is 13.7. The lowest BCUT2D eigenvalue weighted by Crippen LogP contribution is -2.21. The first-order chi connectivity index (χ1) is 9.19. The van der Waals surface area contributed by atoms with Crippen LogP contribution < -0.4 is 5.32 Å². The van der Waals surface area contributed by atoms with E-state index >= 15 is 0 Å². The lowest BCUT2D eigenvalue weighted by Gasteiger charge is -2.19. The zero-order valence-electron chi connectivity index (χ0n) is 10.7. The van der Waals surface area contributed by atoms with Gasteiger partial charge in [-0.05, 0) is 40.4 Å². The predicted molar refractivity (Wildman–Crippen MR) is 84.8 cm³/mol. The summed E-state index contributed by atoms with van der Waals surface area (Å²) in [5.74, 6) is 0. The van der Waals surface area contributed by atoms with Gasteiger partial charge in [0, 0.05) is 16.7 Å². The van der Waals surface area contributed by atoms with Crippen LogP contribution in [0.15, 0.2) is 47.1 Å². The molecule has 0 amide bonds. The molecule has 0 fully saturated rings. The predicted octanol–water partition coefficient (Wildman–Crippen LogP) is 4.93. The van der Waals surface area contributed by atoms with Crippen molar-refractivity contribution in [3.05, 3.63) is 57.8 Å². The molecule has 0 saturated heterocycles. The summed E-state index contributed by atoms with van der Waals surface area (Å²) >= 11 is 9.52. The molecule has 0 aliphatic rings. The fraction of sp³-hybridized carbons (Fsp3) is 0.267. The maximum Gasteiger partial charge on any atom is 0.152 e. The molecule has 1 aromatic carbocycles. The van der Waals surface area contributed by atoms with Crippen molar-refractivity contribution in [2.24, 2.45) is 0 Å². The van der Waals surface area contributed by atoms with E-state index in [0.29, 0.717) is 11.2 Å². The molecule has 2 aromatic rings. The monoisotopic (exact) mass is 338 g/mol. The first-order valence-corrected chi connectivity index (χ1v) is 7.47. The first kappa shape index (κ1) is 14.4. The van der Waals surface area contributed by atoms with Crippen molar-refractivity contribution in [2.45, 2.75) is 25.8 Å². The smallest absolute Gasteiger partial charge is 0.152 e. The highest BCUT2D eigenvalue weighted by molar-refractivity contribution is 9.10. The third kappa shape index (κ3) is 4.22. The maximum absolute atomic E-state index is 6.11. The van der Waals surface area contributed by atoms with E-state index in [1.54, 1.807) is 6.20 Å². The third-order valence-corrected chi connectivity index (χ3v) is 3.72. The number of halogens is 2. The van der Waals surface area contributed by atoms with Crippen LogP contribution in [-0.2, 0) is 6.42 Å². The number of pyridine rings is 1. The van der Waals surface area contributed by atoms with Gasteiger partial charge in [-0.3, -0.25) is 0 Å². The number of hydrogen-bond acceptors (Lipinski definition) is 2. The van der Waals surface area contributed by atoms with Crippen LogP contribution in [0.4, 0.5) is 5.69 Å². The Labute approximate surface area is 127 Å². The van der Waals surface area contributed by atoms with E-state index in [-0.39, 0.29) is 0 Å². The van der Waals surface area contributed by atoms with Crippen molar-refractivity contribution in [1.82, 2.24) is 4.98 Å². The second kappa shape index (κ2) is 6.92. The van der Waals surface area contributed by atoms with Gasteiger partial charge in [-0.1, -0.05) is 48.9 Å². The van der Waals surface area contributed by atoms with E-state index in [2.05, 4.69) is 57.4 Å². The Morgan fingerprint density at radius 3 is 2.74 bits per heavy atom. The van der Waals surface area contributed by atoms with E-state index in [1.165, 1.54) is 5.56 Å². The summed E-state index contributed by atoms with van der Waals surface area (Å²) in [6, 6.07) is 12.8. The summed E-state index contributed by atoms with van der Waals surface area (Å²) in [6.45, 7) is 2.17. The molecule has 1 aromatic heterocycles. The van der Waals surface area contributed by atoms with Crippen LogP contribution in [0.5, 0.6) is 0 Å². The molecule has 1 atom stereocenters. The molecule has 1 N–H and O–H groups in total. The highest BCUT2D eigenvalue weighted by Gasteiger charge is 2.10. The summed E-state index contributed by atoms with van der Waals surface area (Å²) in [5.41, 5.74) is 2.19. The van der Waals surface area contributed by atoms with E-state index in [4.69, 9.17) is 11.6 Å².